The zero-order valence-electron chi connectivity index (χ0n) is 24.9. The van der Waals surface area contributed by atoms with Gasteiger partial charge in [0.15, 0.2) is 0 Å². The molecule has 0 radical (unpaired) electrons. The molecular formula is C32H35ClF2N2O7. The van der Waals surface area contributed by atoms with Crippen molar-refractivity contribution in [3.05, 3.63) is 70.7 Å². The maximum atomic E-state index is 14.4. The number of hydrogen-bond donors (Lipinski definition) is 2. The highest BCUT2D eigenvalue weighted by Gasteiger charge is 2.36. The quantitative estimate of drug-likeness (QED) is 0.188. The second-order valence-electron chi connectivity index (χ2n) is 10.5. The van der Waals surface area contributed by atoms with Gasteiger partial charge < -0.3 is 34.3 Å². The van der Waals surface area contributed by atoms with E-state index in [1.807, 2.05) is 6.92 Å². The van der Waals surface area contributed by atoms with Gasteiger partial charge in [0.1, 0.15) is 29.0 Å². The summed E-state index contributed by atoms with van der Waals surface area (Å²) in [6, 6.07) is 14.0. The van der Waals surface area contributed by atoms with Crippen molar-refractivity contribution < 1.29 is 42.4 Å². The predicted octanol–water partition coefficient (Wildman–Crippen LogP) is 6.77. The SMILES string of the molecule is COc1cc(NC(C(=O)N2CCc3ccc(OC(C)(F)F)cc32)[C@@H](C)c2ccc(Cl)cc2OC)cc(OCCCC(=O)O)c1. The molecule has 0 aromatic heterocycles. The van der Waals surface area contributed by atoms with Crippen LogP contribution >= 0.6 is 11.6 Å². The second kappa shape index (κ2) is 14.0. The van der Waals surface area contributed by atoms with Gasteiger partial charge >= 0.3 is 12.1 Å². The molecule has 3 aromatic rings. The van der Waals surface area contributed by atoms with Gasteiger partial charge in [-0.05, 0) is 42.2 Å². The first kappa shape index (κ1) is 32.7. The third kappa shape index (κ3) is 8.22. The van der Waals surface area contributed by atoms with Crippen molar-refractivity contribution in [2.45, 2.75) is 51.2 Å². The molecular weight excluding hydrogens is 598 g/mol. The molecule has 2 N–H and O–H groups in total. The number of methoxy groups -OCH3 is 2. The summed E-state index contributed by atoms with van der Waals surface area (Å²) in [6.07, 6.45) is -2.56. The van der Waals surface area contributed by atoms with Crippen molar-refractivity contribution in [3.8, 4) is 23.0 Å². The Morgan fingerprint density at radius 2 is 1.80 bits per heavy atom. The van der Waals surface area contributed by atoms with Gasteiger partial charge in [-0.2, -0.15) is 8.78 Å². The van der Waals surface area contributed by atoms with Crippen LogP contribution < -0.4 is 29.2 Å². The maximum absolute atomic E-state index is 14.4. The molecule has 2 atom stereocenters. The summed E-state index contributed by atoms with van der Waals surface area (Å²) in [5.41, 5.74) is 2.56. The Balaban J connectivity index is 1.70. The van der Waals surface area contributed by atoms with Crippen LogP contribution in [-0.4, -0.2) is 56.5 Å². The van der Waals surface area contributed by atoms with E-state index in [4.69, 9.17) is 35.7 Å². The van der Waals surface area contributed by atoms with Crippen LogP contribution in [0.4, 0.5) is 20.2 Å². The number of carboxylic acids is 1. The highest BCUT2D eigenvalue weighted by atomic mass is 35.5. The molecule has 0 spiro atoms. The van der Waals surface area contributed by atoms with Gasteiger partial charge in [0.25, 0.3) is 0 Å². The molecule has 1 unspecified atom stereocenters. The number of halogens is 3. The Labute approximate surface area is 259 Å². The fraction of sp³-hybridized carbons (Fsp3) is 0.375. The summed E-state index contributed by atoms with van der Waals surface area (Å²) in [5.74, 6) is -0.357. The monoisotopic (exact) mass is 632 g/mol. The molecule has 44 heavy (non-hydrogen) atoms. The number of rotatable bonds is 14. The zero-order chi connectivity index (χ0) is 32.0. The number of anilines is 2. The van der Waals surface area contributed by atoms with Gasteiger partial charge in [0, 0.05) is 60.8 Å². The molecule has 4 rings (SSSR count). The van der Waals surface area contributed by atoms with Crippen LogP contribution in [0.15, 0.2) is 54.6 Å². The standard InChI is InChI=1S/C32H35ClF2N2O7/c1-19(26-10-8-21(33)14-28(26)42-4)30(36-22-15-24(41-3)17-25(16-22)43-13-5-6-29(38)39)31(40)37-12-11-20-7-9-23(18-27(20)37)44-32(2,34)35/h7-10,14-19,30,36H,5-6,11-13H2,1-4H3,(H,38,39)/t19-,30?/m0/s1. The molecule has 9 nitrogen and oxygen atoms in total. The van der Waals surface area contributed by atoms with Gasteiger partial charge in [-0.1, -0.05) is 30.7 Å². The molecule has 3 aromatic carbocycles. The Morgan fingerprint density at radius 1 is 1.05 bits per heavy atom. The summed E-state index contributed by atoms with van der Waals surface area (Å²) in [4.78, 5) is 26.8. The summed E-state index contributed by atoms with van der Waals surface area (Å²) in [5, 5.41) is 12.7. The molecule has 12 heteroatoms. The van der Waals surface area contributed by atoms with Gasteiger partial charge in [-0.25, -0.2) is 0 Å². The van der Waals surface area contributed by atoms with Gasteiger partial charge in [-0.15, -0.1) is 0 Å². The minimum Gasteiger partial charge on any atom is -0.497 e. The van der Waals surface area contributed by atoms with Gasteiger partial charge in [-0.3, -0.25) is 9.59 Å². The van der Waals surface area contributed by atoms with Crippen molar-refractivity contribution in [1.29, 1.82) is 0 Å². The Hall–Kier alpha value is -4.25. The van der Waals surface area contributed by atoms with Crippen LogP contribution in [0.1, 0.15) is 43.7 Å². The maximum Gasteiger partial charge on any atom is 0.394 e. The third-order valence-corrected chi connectivity index (χ3v) is 7.44. The first-order valence-corrected chi connectivity index (χ1v) is 14.4. The number of carbonyl (C=O) groups is 2. The Bertz CT molecular complexity index is 1500. The van der Waals surface area contributed by atoms with E-state index in [-0.39, 0.29) is 24.7 Å². The van der Waals surface area contributed by atoms with E-state index >= 15 is 0 Å². The zero-order valence-corrected chi connectivity index (χ0v) is 25.6. The molecule has 1 heterocycles. The first-order chi connectivity index (χ1) is 20.9. The van der Waals surface area contributed by atoms with E-state index in [2.05, 4.69) is 5.32 Å². The van der Waals surface area contributed by atoms with E-state index in [0.29, 0.717) is 60.0 Å². The van der Waals surface area contributed by atoms with Crippen LogP contribution in [0.25, 0.3) is 0 Å². The molecule has 1 aliphatic heterocycles. The number of hydrogen-bond acceptors (Lipinski definition) is 7. The van der Waals surface area contributed by atoms with Gasteiger partial charge in [0.05, 0.1) is 26.5 Å². The predicted molar refractivity (Wildman–Crippen MR) is 163 cm³/mol. The number of alkyl halides is 2. The average Bonchev–Trinajstić information content (AvgIpc) is 3.39. The normalized spacial score (nSPS) is 13.9. The van der Waals surface area contributed by atoms with Crippen LogP contribution in [0, 0.1) is 0 Å². The van der Waals surface area contributed by atoms with E-state index in [1.54, 1.807) is 47.4 Å². The fourth-order valence-corrected chi connectivity index (χ4v) is 5.28. The molecule has 0 aliphatic carbocycles. The third-order valence-electron chi connectivity index (χ3n) is 7.21. The number of fused-ring (bicyclic) bond motifs is 1. The van der Waals surface area contributed by atoms with Gasteiger partial charge in [0.2, 0.25) is 5.91 Å². The molecule has 1 amide bonds. The number of ether oxygens (including phenoxy) is 4. The summed E-state index contributed by atoms with van der Waals surface area (Å²) in [7, 11) is 3.02. The van der Waals surface area contributed by atoms with E-state index in [1.165, 1.54) is 26.4 Å². The summed E-state index contributed by atoms with van der Waals surface area (Å²) in [6.45, 7) is 3.05. The molecule has 0 saturated carbocycles. The van der Waals surface area contributed by atoms with E-state index < -0.39 is 24.0 Å². The lowest BCUT2D eigenvalue weighted by Crippen LogP contribution is -2.45. The van der Waals surface area contributed by atoms with Crippen molar-refractivity contribution in [2.24, 2.45) is 0 Å². The molecule has 0 fully saturated rings. The molecule has 0 saturated heterocycles. The van der Waals surface area contributed by atoms with Crippen LogP contribution in [-0.2, 0) is 16.0 Å². The number of carbonyl (C=O) groups excluding carboxylic acids is 1. The Kier molecular flexibility index (Phi) is 10.4. The van der Waals surface area contributed by atoms with Crippen LogP contribution in [0.3, 0.4) is 0 Å². The smallest absolute Gasteiger partial charge is 0.394 e. The number of aliphatic carboxylic acids is 1. The van der Waals surface area contributed by atoms with E-state index in [9.17, 15) is 18.4 Å². The minimum atomic E-state index is -3.38. The second-order valence-corrected chi connectivity index (χ2v) is 10.9. The number of nitrogens with zero attached hydrogens (tertiary/aromatic N) is 1. The van der Waals surface area contributed by atoms with Crippen molar-refractivity contribution in [3.63, 3.8) is 0 Å². The first-order valence-electron chi connectivity index (χ1n) is 14.0. The highest BCUT2D eigenvalue weighted by molar-refractivity contribution is 6.30. The molecule has 1 aliphatic rings. The van der Waals surface area contributed by atoms with Crippen molar-refractivity contribution in [1.82, 2.24) is 0 Å². The van der Waals surface area contributed by atoms with Crippen molar-refractivity contribution in [2.75, 3.05) is 37.6 Å². The lowest BCUT2D eigenvalue weighted by atomic mass is 9.91. The Morgan fingerprint density at radius 3 is 2.48 bits per heavy atom. The van der Waals surface area contributed by atoms with E-state index in [0.717, 1.165) is 11.1 Å². The fourth-order valence-electron chi connectivity index (χ4n) is 5.12. The summed E-state index contributed by atoms with van der Waals surface area (Å²) < 4.78 is 48.9. The topological polar surface area (TPSA) is 107 Å². The van der Waals surface area contributed by atoms with Crippen LogP contribution in [0.5, 0.6) is 23.0 Å². The molecule has 236 valence electrons. The largest absolute Gasteiger partial charge is 0.497 e. The number of nitrogens with one attached hydrogen (secondary N) is 1. The van der Waals surface area contributed by atoms with Crippen LogP contribution in [0.2, 0.25) is 5.02 Å². The number of carboxylic acid groups (broad SMARTS) is 1. The molecule has 0 bridgehead atoms. The summed E-state index contributed by atoms with van der Waals surface area (Å²) >= 11 is 6.22. The average molecular weight is 633 g/mol. The number of benzene rings is 3. The number of amides is 1. The highest BCUT2D eigenvalue weighted by Crippen LogP contribution is 2.38. The lowest BCUT2D eigenvalue weighted by molar-refractivity contribution is -0.158. The lowest BCUT2D eigenvalue weighted by Gasteiger charge is -2.31. The van der Waals surface area contributed by atoms with Crippen molar-refractivity contribution >= 4 is 34.9 Å². The minimum absolute atomic E-state index is 0.0357.